The summed E-state index contributed by atoms with van der Waals surface area (Å²) in [6.45, 7) is 11.1. The van der Waals surface area contributed by atoms with Crippen LogP contribution in [-0.4, -0.2) is 18.0 Å². The summed E-state index contributed by atoms with van der Waals surface area (Å²) in [7, 11) is 0. The number of esters is 1. The van der Waals surface area contributed by atoms with Crippen LogP contribution in [-0.2, 0) is 9.53 Å². The molecule has 1 saturated carbocycles. The molecule has 3 aliphatic carbocycles. The minimum atomic E-state index is -0.456. The monoisotopic (exact) mass is 509 g/mol. The Morgan fingerprint density at radius 3 is 2.37 bits per heavy atom. The van der Waals surface area contributed by atoms with Gasteiger partial charge in [0.2, 0.25) is 0 Å². The number of ether oxygens (including phenoxy) is 1. The van der Waals surface area contributed by atoms with Gasteiger partial charge in [-0.2, -0.15) is 0 Å². The van der Waals surface area contributed by atoms with Crippen molar-refractivity contribution in [1.29, 1.82) is 0 Å². The summed E-state index contributed by atoms with van der Waals surface area (Å²) in [5.74, 6) is -0.0215. The predicted molar refractivity (Wildman–Crippen MR) is 153 cm³/mol. The second kappa shape index (κ2) is 10.1. The lowest BCUT2D eigenvalue weighted by Gasteiger charge is -2.48. The van der Waals surface area contributed by atoms with Crippen molar-refractivity contribution in [3.05, 3.63) is 100 Å². The lowest BCUT2D eigenvalue weighted by Crippen LogP contribution is -2.44. The SMILES string of the molecule is Cc1ccccc1C(=O)O[C@H]1CC(C(=O)Nc2ccccc2)=CC=C2C3=C(C(C)C)CCC3(C)CC[C@]21C. The predicted octanol–water partition coefficient (Wildman–Crippen LogP) is 7.97. The van der Waals surface area contributed by atoms with Gasteiger partial charge in [0.15, 0.2) is 0 Å². The molecule has 0 heterocycles. The largest absolute Gasteiger partial charge is 0.457 e. The van der Waals surface area contributed by atoms with E-state index in [1.807, 2.05) is 67.6 Å². The number of aryl methyl sites for hydroxylation is 1. The first-order valence-corrected chi connectivity index (χ1v) is 13.9. The Hall–Kier alpha value is -3.40. The fourth-order valence-corrected chi connectivity index (χ4v) is 6.68. The Kier molecular flexibility index (Phi) is 6.94. The number of hydrogen-bond donors (Lipinski definition) is 1. The van der Waals surface area contributed by atoms with Crippen LogP contribution in [0.4, 0.5) is 5.69 Å². The second-order valence-electron chi connectivity index (χ2n) is 12.0. The van der Waals surface area contributed by atoms with Gasteiger partial charge >= 0.3 is 5.97 Å². The Morgan fingerprint density at radius 1 is 0.947 bits per heavy atom. The fraction of sp³-hybridized carbons (Fsp3) is 0.412. The molecule has 0 aliphatic heterocycles. The first-order chi connectivity index (χ1) is 18.1. The zero-order chi connectivity index (χ0) is 27.1. The van der Waals surface area contributed by atoms with Crippen LogP contribution in [0.3, 0.4) is 0 Å². The Balaban J connectivity index is 1.57. The van der Waals surface area contributed by atoms with E-state index in [0.29, 0.717) is 23.5 Å². The Morgan fingerprint density at radius 2 is 1.66 bits per heavy atom. The van der Waals surface area contributed by atoms with Crippen molar-refractivity contribution in [3.8, 4) is 0 Å². The van der Waals surface area contributed by atoms with Gasteiger partial charge in [-0.3, -0.25) is 4.79 Å². The highest BCUT2D eigenvalue weighted by molar-refractivity contribution is 6.04. The number of fused-ring (bicyclic) bond motifs is 3. The average molecular weight is 510 g/mol. The molecule has 3 aliphatic rings. The van der Waals surface area contributed by atoms with E-state index in [2.05, 4.69) is 39.1 Å². The van der Waals surface area contributed by atoms with Crippen LogP contribution in [0.25, 0.3) is 0 Å². The van der Waals surface area contributed by atoms with E-state index in [4.69, 9.17) is 4.74 Å². The summed E-state index contributed by atoms with van der Waals surface area (Å²) < 4.78 is 6.40. The van der Waals surface area contributed by atoms with Crippen molar-refractivity contribution in [2.24, 2.45) is 16.7 Å². The third-order valence-electron chi connectivity index (χ3n) is 9.15. The van der Waals surface area contributed by atoms with Crippen LogP contribution in [0.5, 0.6) is 0 Å². The fourth-order valence-electron chi connectivity index (χ4n) is 6.68. The van der Waals surface area contributed by atoms with Crippen LogP contribution in [0.2, 0.25) is 0 Å². The van der Waals surface area contributed by atoms with Crippen LogP contribution in [0.1, 0.15) is 75.7 Å². The van der Waals surface area contributed by atoms with E-state index in [1.165, 1.54) is 16.7 Å². The third kappa shape index (κ3) is 4.66. The number of carbonyl (C=O) groups excluding carboxylic acids is 2. The maximum absolute atomic E-state index is 13.5. The number of anilines is 1. The molecule has 0 radical (unpaired) electrons. The van der Waals surface area contributed by atoms with E-state index in [9.17, 15) is 9.59 Å². The molecule has 4 nitrogen and oxygen atoms in total. The van der Waals surface area contributed by atoms with Crippen molar-refractivity contribution < 1.29 is 14.3 Å². The number of carbonyl (C=O) groups is 2. The molecule has 1 amide bonds. The zero-order valence-electron chi connectivity index (χ0n) is 23.3. The van der Waals surface area contributed by atoms with E-state index < -0.39 is 6.10 Å². The number of hydrogen-bond acceptors (Lipinski definition) is 3. The highest BCUT2D eigenvalue weighted by Gasteiger charge is 2.53. The molecule has 2 aromatic rings. The van der Waals surface area contributed by atoms with Gasteiger partial charge in [0.05, 0.1) is 5.56 Å². The van der Waals surface area contributed by atoms with Crippen molar-refractivity contribution in [2.45, 2.75) is 72.8 Å². The number of rotatable bonds is 5. The van der Waals surface area contributed by atoms with Crippen LogP contribution in [0.15, 0.2) is 89.0 Å². The molecule has 3 atom stereocenters. The second-order valence-corrected chi connectivity index (χ2v) is 12.0. The minimum Gasteiger partial charge on any atom is -0.457 e. The summed E-state index contributed by atoms with van der Waals surface area (Å²) in [6.07, 6.45) is 8.28. The molecule has 0 aromatic heterocycles. The van der Waals surface area contributed by atoms with Gasteiger partial charge in [-0.1, -0.05) is 81.8 Å². The van der Waals surface area contributed by atoms with E-state index >= 15 is 0 Å². The minimum absolute atomic E-state index is 0.125. The van der Waals surface area contributed by atoms with Gasteiger partial charge in [-0.25, -0.2) is 4.79 Å². The third-order valence-corrected chi connectivity index (χ3v) is 9.15. The van der Waals surface area contributed by atoms with Crippen molar-refractivity contribution in [3.63, 3.8) is 0 Å². The van der Waals surface area contributed by atoms with Gasteiger partial charge in [0, 0.05) is 23.1 Å². The van der Waals surface area contributed by atoms with Crippen molar-refractivity contribution >= 4 is 17.6 Å². The molecule has 0 saturated heterocycles. The van der Waals surface area contributed by atoms with Gasteiger partial charge in [-0.15, -0.1) is 0 Å². The quantitative estimate of drug-likeness (QED) is 0.416. The van der Waals surface area contributed by atoms with E-state index in [1.54, 1.807) is 0 Å². The van der Waals surface area contributed by atoms with E-state index in [-0.39, 0.29) is 22.7 Å². The number of amides is 1. The first-order valence-electron chi connectivity index (χ1n) is 13.9. The summed E-state index contributed by atoms with van der Waals surface area (Å²) in [5.41, 5.74) is 6.79. The summed E-state index contributed by atoms with van der Waals surface area (Å²) in [6, 6.07) is 17.0. The zero-order valence-corrected chi connectivity index (χ0v) is 23.3. The lowest BCUT2D eigenvalue weighted by molar-refractivity contribution is -0.113. The summed E-state index contributed by atoms with van der Waals surface area (Å²) >= 11 is 0. The molecule has 0 bridgehead atoms. The number of para-hydroxylation sites is 1. The van der Waals surface area contributed by atoms with Gasteiger partial charge in [0.25, 0.3) is 5.91 Å². The highest BCUT2D eigenvalue weighted by atomic mass is 16.5. The lowest BCUT2D eigenvalue weighted by atomic mass is 9.57. The van der Waals surface area contributed by atoms with Gasteiger partial charge in [0.1, 0.15) is 6.10 Å². The van der Waals surface area contributed by atoms with Crippen LogP contribution in [0, 0.1) is 23.7 Å². The standard InChI is InChI=1S/C34H39NO3/c1-22(2)26-17-18-33(4)19-20-34(5)28(30(26)33)16-15-24(31(36)35-25-12-7-6-8-13-25)21-29(34)38-32(37)27-14-10-9-11-23(27)3/h6-16,22,29H,17-21H2,1-5H3,(H,35,36)/t29-,33?,34+/m0/s1. The molecule has 1 N–H and O–H groups in total. The smallest absolute Gasteiger partial charge is 0.338 e. The molecule has 0 spiro atoms. The number of nitrogens with one attached hydrogen (secondary N) is 1. The molecular formula is C34H39NO3. The molecule has 198 valence electrons. The number of benzene rings is 2. The topological polar surface area (TPSA) is 55.4 Å². The summed E-state index contributed by atoms with van der Waals surface area (Å²) in [4.78, 5) is 27.0. The molecule has 38 heavy (non-hydrogen) atoms. The van der Waals surface area contributed by atoms with Crippen molar-refractivity contribution in [1.82, 2.24) is 0 Å². The maximum Gasteiger partial charge on any atom is 0.338 e. The normalized spacial score (nSPS) is 26.6. The Labute approximate surface area is 226 Å². The molecule has 2 aromatic carbocycles. The van der Waals surface area contributed by atoms with Crippen LogP contribution < -0.4 is 5.32 Å². The van der Waals surface area contributed by atoms with Gasteiger partial charge < -0.3 is 10.1 Å². The Bertz CT molecular complexity index is 1350. The summed E-state index contributed by atoms with van der Waals surface area (Å²) in [5, 5.41) is 3.04. The maximum atomic E-state index is 13.5. The molecule has 5 rings (SSSR count). The average Bonchev–Trinajstić information content (AvgIpc) is 3.18. The highest BCUT2D eigenvalue weighted by Crippen LogP contribution is 2.62. The number of allylic oxidation sites excluding steroid dienone is 4. The molecule has 1 unspecified atom stereocenters. The van der Waals surface area contributed by atoms with Gasteiger partial charge in [-0.05, 0) is 78.8 Å². The van der Waals surface area contributed by atoms with Crippen LogP contribution >= 0.6 is 0 Å². The molecular weight excluding hydrogens is 470 g/mol. The molecule has 1 fully saturated rings. The van der Waals surface area contributed by atoms with E-state index in [0.717, 1.165) is 36.9 Å². The molecule has 4 heteroatoms. The van der Waals surface area contributed by atoms with Crippen molar-refractivity contribution in [2.75, 3.05) is 5.32 Å². The first kappa shape index (κ1) is 26.2.